The summed E-state index contributed by atoms with van der Waals surface area (Å²) in [6.07, 6.45) is 0. The van der Waals surface area contributed by atoms with Gasteiger partial charge in [-0.1, -0.05) is 13.8 Å². The van der Waals surface area contributed by atoms with Gasteiger partial charge in [0.1, 0.15) is 6.07 Å². The van der Waals surface area contributed by atoms with Crippen LogP contribution in [0.25, 0.3) is 0 Å². The highest BCUT2D eigenvalue weighted by molar-refractivity contribution is 7.12. The van der Waals surface area contributed by atoms with E-state index in [-0.39, 0.29) is 0 Å². The summed E-state index contributed by atoms with van der Waals surface area (Å²) < 4.78 is 0. The van der Waals surface area contributed by atoms with Crippen molar-refractivity contribution in [3.63, 3.8) is 0 Å². The standard InChI is InChI=1S/C6H4N2OS.C2H6/c7-2-4-1-5(6(8)9)10-3-4;1-2/h1,3H,(H2,8,9);1-2H3. The number of carbonyl (C=O) groups is 1. The zero-order chi connectivity index (χ0) is 9.56. The molecule has 0 aromatic carbocycles. The number of rotatable bonds is 1. The second-order valence-corrected chi connectivity index (χ2v) is 2.59. The van der Waals surface area contributed by atoms with E-state index in [1.165, 1.54) is 17.4 Å². The van der Waals surface area contributed by atoms with Crippen LogP contribution in [0.1, 0.15) is 29.1 Å². The smallest absolute Gasteiger partial charge is 0.258 e. The Morgan fingerprint density at radius 2 is 2.25 bits per heavy atom. The molecule has 0 aliphatic rings. The molecule has 0 spiro atoms. The molecule has 1 amide bonds. The highest BCUT2D eigenvalue weighted by atomic mass is 32.1. The SMILES string of the molecule is CC.N#Cc1csc(C(N)=O)c1. The molecule has 0 bridgehead atoms. The zero-order valence-electron chi connectivity index (χ0n) is 7.00. The van der Waals surface area contributed by atoms with Crippen LogP contribution in [0.15, 0.2) is 11.4 Å². The van der Waals surface area contributed by atoms with Gasteiger partial charge in [-0.05, 0) is 6.07 Å². The first kappa shape index (κ1) is 10.7. The molecular weight excluding hydrogens is 172 g/mol. The number of amides is 1. The minimum absolute atomic E-state index is 0.427. The summed E-state index contributed by atoms with van der Waals surface area (Å²) >= 11 is 1.19. The van der Waals surface area contributed by atoms with Crippen molar-refractivity contribution in [2.75, 3.05) is 0 Å². The largest absolute Gasteiger partial charge is 0.365 e. The van der Waals surface area contributed by atoms with Gasteiger partial charge < -0.3 is 5.73 Å². The van der Waals surface area contributed by atoms with E-state index in [1.54, 1.807) is 5.38 Å². The second kappa shape index (κ2) is 5.33. The third kappa shape index (κ3) is 2.72. The fraction of sp³-hybridized carbons (Fsp3) is 0.250. The van der Waals surface area contributed by atoms with Gasteiger partial charge in [-0.15, -0.1) is 11.3 Å². The van der Waals surface area contributed by atoms with Crippen LogP contribution in [0, 0.1) is 11.3 Å². The van der Waals surface area contributed by atoms with E-state index in [0.29, 0.717) is 10.4 Å². The lowest BCUT2D eigenvalue weighted by Gasteiger charge is -1.80. The molecule has 1 aromatic heterocycles. The number of hydrogen-bond acceptors (Lipinski definition) is 3. The molecule has 2 N–H and O–H groups in total. The van der Waals surface area contributed by atoms with Gasteiger partial charge in [0.25, 0.3) is 5.91 Å². The maximum atomic E-state index is 10.5. The van der Waals surface area contributed by atoms with Crippen molar-refractivity contribution in [3.8, 4) is 6.07 Å². The van der Waals surface area contributed by atoms with Gasteiger partial charge in [0.05, 0.1) is 10.4 Å². The van der Waals surface area contributed by atoms with Crippen molar-refractivity contribution in [3.05, 3.63) is 21.9 Å². The van der Waals surface area contributed by atoms with Gasteiger partial charge in [0.15, 0.2) is 0 Å². The maximum Gasteiger partial charge on any atom is 0.258 e. The molecule has 0 saturated carbocycles. The van der Waals surface area contributed by atoms with Crippen LogP contribution in [-0.2, 0) is 0 Å². The minimum Gasteiger partial charge on any atom is -0.365 e. The lowest BCUT2D eigenvalue weighted by Crippen LogP contribution is -2.08. The second-order valence-electron chi connectivity index (χ2n) is 1.68. The Kier molecular flexibility index (Phi) is 4.73. The highest BCUT2D eigenvalue weighted by Crippen LogP contribution is 2.12. The van der Waals surface area contributed by atoms with E-state index in [4.69, 9.17) is 11.0 Å². The summed E-state index contributed by atoms with van der Waals surface area (Å²) in [4.78, 5) is 10.9. The van der Waals surface area contributed by atoms with Gasteiger partial charge in [-0.3, -0.25) is 4.79 Å². The predicted molar refractivity (Wildman–Crippen MR) is 48.9 cm³/mol. The van der Waals surface area contributed by atoms with E-state index < -0.39 is 5.91 Å². The van der Waals surface area contributed by atoms with Crippen molar-refractivity contribution in [2.45, 2.75) is 13.8 Å². The fourth-order valence-electron chi connectivity index (χ4n) is 0.524. The monoisotopic (exact) mass is 182 g/mol. The van der Waals surface area contributed by atoms with E-state index in [1.807, 2.05) is 19.9 Å². The molecule has 0 atom stereocenters. The van der Waals surface area contributed by atoms with Gasteiger partial charge in [-0.25, -0.2) is 0 Å². The maximum absolute atomic E-state index is 10.5. The van der Waals surface area contributed by atoms with Gasteiger partial charge in [0.2, 0.25) is 0 Å². The number of nitrogens with zero attached hydrogens (tertiary/aromatic N) is 1. The number of hydrogen-bond donors (Lipinski definition) is 1. The number of nitriles is 1. The summed E-state index contributed by atoms with van der Waals surface area (Å²) in [6.45, 7) is 4.00. The van der Waals surface area contributed by atoms with E-state index >= 15 is 0 Å². The van der Waals surface area contributed by atoms with E-state index in [0.717, 1.165) is 0 Å². The summed E-state index contributed by atoms with van der Waals surface area (Å²) in [7, 11) is 0. The number of nitrogens with two attached hydrogens (primary N) is 1. The van der Waals surface area contributed by atoms with Gasteiger partial charge in [-0.2, -0.15) is 5.26 Å². The Labute approximate surface area is 75.4 Å². The normalized spacial score (nSPS) is 7.75. The molecular formula is C8H10N2OS. The fourth-order valence-corrected chi connectivity index (χ4v) is 1.21. The molecule has 1 aromatic rings. The third-order valence-electron chi connectivity index (χ3n) is 0.971. The van der Waals surface area contributed by atoms with Gasteiger partial charge >= 0.3 is 0 Å². The number of thiophene rings is 1. The predicted octanol–water partition coefficient (Wildman–Crippen LogP) is 1.74. The summed E-state index contributed by atoms with van der Waals surface area (Å²) in [6, 6.07) is 3.38. The quantitative estimate of drug-likeness (QED) is 0.718. The lowest BCUT2D eigenvalue weighted by molar-refractivity contribution is 0.100. The molecule has 0 aliphatic carbocycles. The Bertz CT molecular complexity index is 298. The van der Waals surface area contributed by atoms with E-state index in [9.17, 15) is 4.79 Å². The number of carbonyl (C=O) groups excluding carboxylic acids is 1. The summed E-state index contributed by atoms with van der Waals surface area (Å²) in [5, 5.41) is 9.93. The molecule has 12 heavy (non-hydrogen) atoms. The van der Waals surface area contributed by atoms with Crippen LogP contribution in [0.2, 0.25) is 0 Å². The summed E-state index contributed by atoms with van der Waals surface area (Å²) in [5.41, 5.74) is 5.43. The van der Waals surface area contributed by atoms with Crippen LogP contribution in [0.4, 0.5) is 0 Å². The molecule has 1 heterocycles. The minimum atomic E-state index is -0.480. The molecule has 0 unspecified atom stereocenters. The van der Waals surface area contributed by atoms with Crippen molar-refractivity contribution in [2.24, 2.45) is 5.73 Å². The van der Waals surface area contributed by atoms with Gasteiger partial charge in [0, 0.05) is 5.38 Å². The first-order valence-electron chi connectivity index (χ1n) is 3.52. The first-order chi connectivity index (χ1) is 5.74. The lowest BCUT2D eigenvalue weighted by atomic mass is 10.3. The highest BCUT2D eigenvalue weighted by Gasteiger charge is 2.02. The van der Waals surface area contributed by atoms with Crippen LogP contribution >= 0.6 is 11.3 Å². The topological polar surface area (TPSA) is 66.9 Å². The molecule has 0 saturated heterocycles. The first-order valence-corrected chi connectivity index (χ1v) is 4.40. The molecule has 1 rings (SSSR count). The Hall–Kier alpha value is -1.34. The molecule has 0 aliphatic heterocycles. The van der Waals surface area contributed by atoms with Crippen LogP contribution in [0.3, 0.4) is 0 Å². The zero-order valence-corrected chi connectivity index (χ0v) is 7.81. The molecule has 0 fully saturated rings. The van der Waals surface area contributed by atoms with Crippen LogP contribution in [0.5, 0.6) is 0 Å². The summed E-state index contributed by atoms with van der Waals surface area (Å²) in [5.74, 6) is -0.480. The third-order valence-corrected chi connectivity index (χ3v) is 1.92. The average molecular weight is 182 g/mol. The van der Waals surface area contributed by atoms with E-state index in [2.05, 4.69) is 0 Å². The van der Waals surface area contributed by atoms with Crippen molar-refractivity contribution < 1.29 is 4.79 Å². The molecule has 4 heteroatoms. The number of primary amides is 1. The van der Waals surface area contributed by atoms with Crippen molar-refractivity contribution in [1.82, 2.24) is 0 Å². The van der Waals surface area contributed by atoms with Crippen LogP contribution < -0.4 is 5.73 Å². The van der Waals surface area contributed by atoms with Crippen molar-refractivity contribution in [1.29, 1.82) is 5.26 Å². The Morgan fingerprint density at radius 1 is 1.67 bits per heavy atom. The van der Waals surface area contributed by atoms with Crippen LogP contribution in [-0.4, -0.2) is 5.91 Å². The molecule has 3 nitrogen and oxygen atoms in total. The Morgan fingerprint density at radius 3 is 2.50 bits per heavy atom. The average Bonchev–Trinajstić information content (AvgIpc) is 2.55. The Balaban J connectivity index is 0.000000561. The molecule has 64 valence electrons. The van der Waals surface area contributed by atoms with Crippen molar-refractivity contribution >= 4 is 17.2 Å². The molecule has 0 radical (unpaired) electrons.